The average Bonchev–Trinajstić information content (AvgIpc) is 2.31. The molecule has 3 nitrogen and oxygen atoms in total. The maximum absolute atomic E-state index is 12.4. The predicted molar refractivity (Wildman–Crippen MR) is 59.7 cm³/mol. The first-order valence-electron chi connectivity index (χ1n) is 5.07. The third kappa shape index (κ3) is 2.27. The zero-order valence-electron chi connectivity index (χ0n) is 9.07. The fourth-order valence-corrected chi connectivity index (χ4v) is 1.77. The number of fused-ring (bicyclic) bond motifs is 1. The van der Waals surface area contributed by atoms with E-state index in [1.165, 1.54) is 18.2 Å². The Morgan fingerprint density at radius 2 is 1.89 bits per heavy atom. The van der Waals surface area contributed by atoms with Crippen LogP contribution in [0.2, 0.25) is 0 Å². The molecule has 2 aromatic rings. The number of rotatable bonds is 2. The van der Waals surface area contributed by atoms with Crippen molar-refractivity contribution in [1.82, 2.24) is 4.57 Å². The van der Waals surface area contributed by atoms with Gasteiger partial charge in [-0.3, -0.25) is 14.2 Å². The standard InChI is InChI=1S/C12H8F3NO2/c13-12(14,15)7-16-10-4-2-1-3-8(10)5-9(6-17)11(16)18/h1-6H,7H2. The highest BCUT2D eigenvalue weighted by Gasteiger charge is 2.29. The van der Waals surface area contributed by atoms with Crippen LogP contribution in [-0.4, -0.2) is 17.0 Å². The number of hydrogen-bond acceptors (Lipinski definition) is 2. The summed E-state index contributed by atoms with van der Waals surface area (Å²) >= 11 is 0. The molecule has 1 aromatic carbocycles. The van der Waals surface area contributed by atoms with Crippen LogP contribution >= 0.6 is 0 Å². The lowest BCUT2D eigenvalue weighted by Crippen LogP contribution is -2.30. The number of aromatic nitrogens is 1. The number of alkyl halides is 3. The van der Waals surface area contributed by atoms with Crippen molar-refractivity contribution >= 4 is 17.2 Å². The number of aldehydes is 1. The van der Waals surface area contributed by atoms with Crippen molar-refractivity contribution in [2.45, 2.75) is 12.7 Å². The monoisotopic (exact) mass is 255 g/mol. The van der Waals surface area contributed by atoms with Crippen LogP contribution < -0.4 is 5.56 Å². The fourth-order valence-electron chi connectivity index (χ4n) is 1.77. The summed E-state index contributed by atoms with van der Waals surface area (Å²) in [6, 6.07) is 7.41. The van der Waals surface area contributed by atoms with Gasteiger partial charge in [0.05, 0.1) is 11.1 Å². The summed E-state index contributed by atoms with van der Waals surface area (Å²) in [5.74, 6) is 0. The van der Waals surface area contributed by atoms with E-state index in [0.717, 1.165) is 0 Å². The lowest BCUT2D eigenvalue weighted by atomic mass is 10.1. The number of halogens is 3. The molecule has 0 bridgehead atoms. The zero-order valence-corrected chi connectivity index (χ0v) is 9.07. The van der Waals surface area contributed by atoms with Crippen molar-refractivity contribution in [3.05, 3.63) is 46.2 Å². The van der Waals surface area contributed by atoms with Crippen molar-refractivity contribution < 1.29 is 18.0 Å². The molecular weight excluding hydrogens is 247 g/mol. The Morgan fingerprint density at radius 3 is 2.50 bits per heavy atom. The number of para-hydroxylation sites is 1. The Bertz CT molecular complexity index is 658. The molecule has 1 aromatic heterocycles. The summed E-state index contributed by atoms with van der Waals surface area (Å²) in [5.41, 5.74) is -1.05. The molecular formula is C12H8F3NO2. The molecule has 1 heterocycles. The molecule has 6 heteroatoms. The van der Waals surface area contributed by atoms with E-state index in [-0.39, 0.29) is 17.4 Å². The molecule has 0 saturated heterocycles. The van der Waals surface area contributed by atoms with Crippen molar-refractivity contribution in [3.8, 4) is 0 Å². The van der Waals surface area contributed by atoms with Gasteiger partial charge in [-0.05, 0) is 17.5 Å². The van der Waals surface area contributed by atoms with Gasteiger partial charge in [0.25, 0.3) is 5.56 Å². The number of pyridine rings is 1. The van der Waals surface area contributed by atoms with Crippen molar-refractivity contribution in [1.29, 1.82) is 0 Å². The van der Waals surface area contributed by atoms with E-state index < -0.39 is 18.3 Å². The zero-order chi connectivity index (χ0) is 13.3. The molecule has 94 valence electrons. The molecule has 0 spiro atoms. The first-order valence-corrected chi connectivity index (χ1v) is 5.07. The molecule has 0 aliphatic heterocycles. The highest BCUT2D eigenvalue weighted by molar-refractivity contribution is 5.86. The highest BCUT2D eigenvalue weighted by Crippen LogP contribution is 2.20. The quantitative estimate of drug-likeness (QED) is 0.773. The molecule has 0 aliphatic carbocycles. The van der Waals surface area contributed by atoms with E-state index in [9.17, 15) is 22.8 Å². The second-order valence-corrected chi connectivity index (χ2v) is 3.78. The van der Waals surface area contributed by atoms with E-state index >= 15 is 0 Å². The molecule has 0 atom stereocenters. The molecule has 0 radical (unpaired) electrons. The molecule has 0 fully saturated rings. The first kappa shape index (κ1) is 12.3. The molecule has 0 saturated carbocycles. The lowest BCUT2D eigenvalue weighted by Gasteiger charge is -2.13. The van der Waals surface area contributed by atoms with E-state index in [1.54, 1.807) is 12.1 Å². The predicted octanol–water partition coefficient (Wildman–Crippen LogP) is 2.38. The normalized spacial score (nSPS) is 11.7. The number of nitrogens with zero attached hydrogens (tertiary/aromatic N) is 1. The van der Waals surface area contributed by atoms with Gasteiger partial charge in [-0.25, -0.2) is 0 Å². The van der Waals surface area contributed by atoms with Crippen LogP contribution in [0, 0.1) is 0 Å². The number of carbonyl (C=O) groups is 1. The molecule has 0 unspecified atom stereocenters. The summed E-state index contributed by atoms with van der Waals surface area (Å²) in [6.07, 6.45) is -4.25. The Hall–Kier alpha value is -2.11. The molecule has 0 N–H and O–H groups in total. The van der Waals surface area contributed by atoms with Gasteiger partial charge in [0.2, 0.25) is 0 Å². The van der Waals surface area contributed by atoms with E-state index in [2.05, 4.69) is 0 Å². The van der Waals surface area contributed by atoms with Crippen LogP contribution in [0.4, 0.5) is 13.2 Å². The van der Waals surface area contributed by atoms with Crippen LogP contribution in [0.3, 0.4) is 0 Å². The van der Waals surface area contributed by atoms with Gasteiger partial charge in [0.1, 0.15) is 6.54 Å². The van der Waals surface area contributed by atoms with Crippen LogP contribution in [-0.2, 0) is 6.54 Å². The van der Waals surface area contributed by atoms with Gasteiger partial charge in [0, 0.05) is 0 Å². The summed E-state index contributed by atoms with van der Waals surface area (Å²) in [4.78, 5) is 22.4. The average molecular weight is 255 g/mol. The van der Waals surface area contributed by atoms with Crippen molar-refractivity contribution in [2.75, 3.05) is 0 Å². The Kier molecular flexibility index (Phi) is 2.94. The van der Waals surface area contributed by atoms with Crippen molar-refractivity contribution in [2.24, 2.45) is 0 Å². The summed E-state index contributed by atoms with van der Waals surface area (Å²) < 4.78 is 37.9. The first-order chi connectivity index (χ1) is 8.42. The maximum atomic E-state index is 12.4. The number of carbonyl (C=O) groups excluding carboxylic acids is 1. The third-order valence-electron chi connectivity index (χ3n) is 2.50. The minimum Gasteiger partial charge on any atom is -0.299 e. The van der Waals surface area contributed by atoms with Gasteiger partial charge < -0.3 is 0 Å². The van der Waals surface area contributed by atoms with Gasteiger partial charge in [-0.1, -0.05) is 18.2 Å². The Labute approximate surface area is 99.5 Å². The Morgan fingerprint density at radius 1 is 1.22 bits per heavy atom. The van der Waals surface area contributed by atoms with E-state index in [4.69, 9.17) is 0 Å². The van der Waals surface area contributed by atoms with Crippen molar-refractivity contribution in [3.63, 3.8) is 0 Å². The van der Waals surface area contributed by atoms with Crippen LogP contribution in [0.15, 0.2) is 35.1 Å². The third-order valence-corrected chi connectivity index (χ3v) is 2.50. The summed E-state index contributed by atoms with van der Waals surface area (Å²) in [5, 5.41) is 0.420. The fraction of sp³-hybridized carbons (Fsp3) is 0.167. The summed E-state index contributed by atoms with van der Waals surface area (Å²) in [6.45, 7) is -1.41. The lowest BCUT2D eigenvalue weighted by molar-refractivity contribution is -0.140. The smallest absolute Gasteiger partial charge is 0.299 e. The highest BCUT2D eigenvalue weighted by atomic mass is 19.4. The molecule has 18 heavy (non-hydrogen) atoms. The Balaban J connectivity index is 2.79. The molecule has 0 aliphatic rings. The molecule has 2 rings (SSSR count). The second-order valence-electron chi connectivity index (χ2n) is 3.78. The van der Waals surface area contributed by atoms with E-state index in [1.807, 2.05) is 0 Å². The number of benzene rings is 1. The second kappa shape index (κ2) is 4.29. The van der Waals surface area contributed by atoms with Crippen LogP contribution in [0.1, 0.15) is 10.4 Å². The minimum atomic E-state index is -4.52. The van der Waals surface area contributed by atoms with E-state index in [0.29, 0.717) is 9.95 Å². The largest absolute Gasteiger partial charge is 0.406 e. The topological polar surface area (TPSA) is 39.1 Å². The van der Waals surface area contributed by atoms with Gasteiger partial charge in [-0.2, -0.15) is 13.2 Å². The van der Waals surface area contributed by atoms with Gasteiger partial charge in [0.15, 0.2) is 6.29 Å². The SMILES string of the molecule is O=Cc1cc2ccccc2n(CC(F)(F)F)c1=O. The minimum absolute atomic E-state index is 0.158. The maximum Gasteiger partial charge on any atom is 0.406 e. The van der Waals surface area contributed by atoms with Crippen LogP contribution in [0.5, 0.6) is 0 Å². The van der Waals surface area contributed by atoms with Crippen LogP contribution in [0.25, 0.3) is 10.9 Å². The van der Waals surface area contributed by atoms with Gasteiger partial charge in [-0.15, -0.1) is 0 Å². The number of hydrogen-bond donors (Lipinski definition) is 0. The summed E-state index contributed by atoms with van der Waals surface area (Å²) in [7, 11) is 0. The molecule has 0 amide bonds. The van der Waals surface area contributed by atoms with Gasteiger partial charge >= 0.3 is 6.18 Å².